The molecule has 1 aliphatic rings. The van der Waals surface area contributed by atoms with E-state index in [0.29, 0.717) is 48.5 Å². The second-order valence-electron chi connectivity index (χ2n) is 6.86. The van der Waals surface area contributed by atoms with Crippen molar-refractivity contribution in [3.8, 4) is 17.5 Å². The molecule has 1 aliphatic heterocycles. The Balaban J connectivity index is 1.52. The van der Waals surface area contributed by atoms with E-state index >= 15 is 0 Å². The molecule has 1 fully saturated rings. The second kappa shape index (κ2) is 7.98. The minimum atomic E-state index is 0.0255. The van der Waals surface area contributed by atoms with Crippen LogP contribution in [-0.4, -0.2) is 42.0 Å². The fraction of sp³-hybridized carbons (Fsp3) is 0.227. The fourth-order valence-corrected chi connectivity index (χ4v) is 3.66. The van der Waals surface area contributed by atoms with E-state index in [2.05, 4.69) is 11.1 Å². The molecule has 0 bridgehead atoms. The SMILES string of the molecule is Cc1ccccc1C(=O)N1CCN(c2oc(-c3ccccc3Cl)nc2C#N)CC1. The van der Waals surface area contributed by atoms with Gasteiger partial charge in [0.15, 0.2) is 0 Å². The number of aryl methyl sites for hydroxylation is 1. The van der Waals surface area contributed by atoms with Crippen molar-refractivity contribution in [1.82, 2.24) is 9.88 Å². The van der Waals surface area contributed by atoms with Gasteiger partial charge in [-0.05, 0) is 30.7 Å². The Hall–Kier alpha value is -3.30. The molecule has 2 heterocycles. The van der Waals surface area contributed by atoms with Gasteiger partial charge < -0.3 is 14.2 Å². The highest BCUT2D eigenvalue weighted by Gasteiger charge is 2.27. The maximum Gasteiger partial charge on any atom is 0.254 e. The molecule has 0 N–H and O–H groups in total. The van der Waals surface area contributed by atoms with Gasteiger partial charge in [0.25, 0.3) is 5.91 Å². The summed E-state index contributed by atoms with van der Waals surface area (Å²) in [7, 11) is 0. The van der Waals surface area contributed by atoms with Crippen molar-refractivity contribution >= 4 is 23.4 Å². The quantitative estimate of drug-likeness (QED) is 0.653. The van der Waals surface area contributed by atoms with E-state index < -0.39 is 0 Å². The molecular formula is C22H19ClN4O2. The number of carbonyl (C=O) groups excluding carboxylic acids is 1. The van der Waals surface area contributed by atoms with Crippen LogP contribution in [0.3, 0.4) is 0 Å². The predicted octanol–water partition coefficient (Wildman–Crippen LogP) is 4.14. The third-order valence-electron chi connectivity index (χ3n) is 5.05. The summed E-state index contributed by atoms with van der Waals surface area (Å²) < 4.78 is 5.92. The van der Waals surface area contributed by atoms with Crippen LogP contribution in [0.5, 0.6) is 0 Å². The largest absolute Gasteiger partial charge is 0.419 e. The van der Waals surface area contributed by atoms with Gasteiger partial charge in [-0.1, -0.05) is 41.9 Å². The van der Waals surface area contributed by atoms with E-state index in [9.17, 15) is 10.1 Å². The number of piperazine rings is 1. The summed E-state index contributed by atoms with van der Waals surface area (Å²) in [4.78, 5) is 20.9. The molecule has 2 aromatic carbocycles. The molecule has 0 spiro atoms. The Morgan fingerprint density at radius 3 is 2.48 bits per heavy atom. The summed E-state index contributed by atoms with van der Waals surface area (Å²) in [6, 6.07) is 16.9. The van der Waals surface area contributed by atoms with Gasteiger partial charge in [-0.3, -0.25) is 4.79 Å². The van der Waals surface area contributed by atoms with Gasteiger partial charge in [0.1, 0.15) is 6.07 Å². The summed E-state index contributed by atoms with van der Waals surface area (Å²) in [6.45, 7) is 4.14. The number of hydrogen-bond acceptors (Lipinski definition) is 5. The van der Waals surface area contributed by atoms with E-state index in [1.54, 1.807) is 12.1 Å². The minimum absolute atomic E-state index is 0.0255. The normalized spacial score (nSPS) is 14.0. The highest BCUT2D eigenvalue weighted by molar-refractivity contribution is 6.33. The van der Waals surface area contributed by atoms with Crippen LogP contribution in [-0.2, 0) is 0 Å². The van der Waals surface area contributed by atoms with E-state index in [1.165, 1.54) is 0 Å². The summed E-state index contributed by atoms with van der Waals surface area (Å²) in [5.41, 5.74) is 2.55. The molecule has 146 valence electrons. The number of nitriles is 1. The number of amides is 1. The van der Waals surface area contributed by atoms with Crippen molar-refractivity contribution in [3.05, 3.63) is 70.4 Å². The first-order valence-corrected chi connectivity index (χ1v) is 9.72. The fourth-order valence-electron chi connectivity index (χ4n) is 3.44. The molecule has 3 aromatic rings. The third-order valence-corrected chi connectivity index (χ3v) is 5.38. The van der Waals surface area contributed by atoms with E-state index in [0.717, 1.165) is 11.1 Å². The lowest BCUT2D eigenvalue weighted by Gasteiger charge is -2.34. The molecule has 0 saturated carbocycles. The molecule has 0 radical (unpaired) electrons. The van der Waals surface area contributed by atoms with Gasteiger partial charge >= 0.3 is 0 Å². The van der Waals surface area contributed by atoms with Gasteiger partial charge in [0.05, 0.1) is 10.6 Å². The molecule has 1 aromatic heterocycles. The zero-order valence-electron chi connectivity index (χ0n) is 15.9. The minimum Gasteiger partial charge on any atom is -0.419 e. The number of aromatic nitrogens is 1. The topological polar surface area (TPSA) is 73.4 Å². The van der Waals surface area contributed by atoms with E-state index in [-0.39, 0.29) is 11.6 Å². The molecule has 1 amide bonds. The number of oxazole rings is 1. The van der Waals surface area contributed by atoms with Crippen molar-refractivity contribution in [3.63, 3.8) is 0 Å². The lowest BCUT2D eigenvalue weighted by atomic mass is 10.1. The van der Waals surface area contributed by atoms with Gasteiger partial charge in [-0.2, -0.15) is 10.2 Å². The van der Waals surface area contributed by atoms with Gasteiger partial charge in [-0.15, -0.1) is 0 Å². The average molecular weight is 407 g/mol. The summed E-state index contributed by atoms with van der Waals surface area (Å²) >= 11 is 6.23. The molecule has 7 heteroatoms. The monoisotopic (exact) mass is 406 g/mol. The number of carbonyl (C=O) groups is 1. The van der Waals surface area contributed by atoms with Crippen molar-refractivity contribution in [2.75, 3.05) is 31.1 Å². The van der Waals surface area contributed by atoms with Crippen LogP contribution in [0.4, 0.5) is 5.88 Å². The maximum absolute atomic E-state index is 12.8. The molecule has 6 nitrogen and oxygen atoms in total. The van der Waals surface area contributed by atoms with Gasteiger partial charge in [-0.25, -0.2) is 0 Å². The zero-order chi connectivity index (χ0) is 20.4. The van der Waals surface area contributed by atoms with Gasteiger partial charge in [0.2, 0.25) is 17.5 Å². The van der Waals surface area contributed by atoms with Crippen molar-refractivity contribution in [2.45, 2.75) is 6.92 Å². The first-order valence-electron chi connectivity index (χ1n) is 9.34. The summed E-state index contributed by atoms with van der Waals surface area (Å²) in [5, 5.41) is 10.0. The van der Waals surface area contributed by atoms with Crippen molar-refractivity contribution in [1.29, 1.82) is 5.26 Å². The van der Waals surface area contributed by atoms with Crippen molar-refractivity contribution < 1.29 is 9.21 Å². The summed E-state index contributed by atoms with van der Waals surface area (Å²) in [5.74, 6) is 0.767. The van der Waals surface area contributed by atoms with Crippen LogP contribution >= 0.6 is 11.6 Å². The standard InChI is InChI=1S/C22H19ClN4O2/c1-15-6-2-3-7-16(15)21(28)26-10-12-27(13-11-26)22-19(14-24)25-20(29-22)17-8-4-5-9-18(17)23/h2-9H,10-13H2,1H3. The van der Waals surface area contributed by atoms with Crippen LogP contribution in [0, 0.1) is 18.3 Å². The molecule has 4 rings (SSSR count). The molecule has 1 saturated heterocycles. The lowest BCUT2D eigenvalue weighted by molar-refractivity contribution is 0.0744. The molecule has 29 heavy (non-hydrogen) atoms. The van der Waals surface area contributed by atoms with Crippen LogP contribution in [0.2, 0.25) is 5.02 Å². The van der Waals surface area contributed by atoms with E-state index in [4.69, 9.17) is 16.0 Å². The van der Waals surface area contributed by atoms with Crippen LogP contribution in [0.15, 0.2) is 52.9 Å². The Morgan fingerprint density at radius 2 is 1.79 bits per heavy atom. The number of benzene rings is 2. The number of hydrogen-bond donors (Lipinski definition) is 0. The molecule has 0 aliphatic carbocycles. The smallest absolute Gasteiger partial charge is 0.254 e. The Bertz CT molecular complexity index is 1090. The Morgan fingerprint density at radius 1 is 1.10 bits per heavy atom. The number of halogens is 1. The first kappa shape index (κ1) is 19.0. The van der Waals surface area contributed by atoms with Crippen LogP contribution in [0.1, 0.15) is 21.6 Å². The first-order chi connectivity index (χ1) is 14.1. The number of anilines is 1. The number of rotatable bonds is 3. The van der Waals surface area contributed by atoms with Gasteiger partial charge in [0, 0.05) is 31.7 Å². The van der Waals surface area contributed by atoms with Crippen LogP contribution < -0.4 is 4.90 Å². The van der Waals surface area contributed by atoms with Crippen molar-refractivity contribution in [2.24, 2.45) is 0 Å². The average Bonchev–Trinajstić information content (AvgIpc) is 3.18. The molecule has 0 unspecified atom stereocenters. The van der Waals surface area contributed by atoms with E-state index in [1.807, 2.05) is 53.1 Å². The third kappa shape index (κ3) is 3.69. The Kier molecular flexibility index (Phi) is 5.24. The lowest BCUT2D eigenvalue weighted by Crippen LogP contribution is -2.49. The maximum atomic E-state index is 12.8. The second-order valence-corrected chi connectivity index (χ2v) is 7.27. The molecular weight excluding hydrogens is 388 g/mol. The zero-order valence-corrected chi connectivity index (χ0v) is 16.7. The highest BCUT2D eigenvalue weighted by atomic mass is 35.5. The van der Waals surface area contributed by atoms with Crippen LogP contribution in [0.25, 0.3) is 11.5 Å². The highest BCUT2D eigenvalue weighted by Crippen LogP contribution is 2.32. The number of nitrogens with zero attached hydrogens (tertiary/aromatic N) is 4. The summed E-state index contributed by atoms with van der Waals surface area (Å²) in [6.07, 6.45) is 0. The molecule has 0 atom stereocenters. The Labute approximate surface area is 173 Å². The predicted molar refractivity (Wildman–Crippen MR) is 111 cm³/mol.